The number of aryl methyl sites for hydroxylation is 1. The summed E-state index contributed by atoms with van der Waals surface area (Å²) in [4.78, 5) is 8.45. The molecule has 3 rings (SSSR count). The maximum atomic E-state index is 13.2. The predicted octanol–water partition coefficient (Wildman–Crippen LogP) is 3.56. The SMILES string of the molecule is Cc1cc(-c2c(-c3ccc(Cl)cc3)nc(=N)n(C=N)c2N)cc(CF)n1. The van der Waals surface area contributed by atoms with Crippen molar-refractivity contribution in [2.24, 2.45) is 0 Å². The molecule has 2 heterocycles. The lowest BCUT2D eigenvalue weighted by Gasteiger charge is -2.16. The standard InChI is InChI=1S/C18H16ClFN6/c1-10-6-12(7-14(8-20)24-10)15-16(11-2-4-13(19)5-3-11)25-18(23)26(9-21)17(15)22/h2-7,9,21,23H,8,22H2,1H3. The molecule has 2 aromatic heterocycles. The van der Waals surface area contributed by atoms with Crippen LogP contribution in [-0.2, 0) is 6.67 Å². The number of anilines is 1. The van der Waals surface area contributed by atoms with Gasteiger partial charge in [0.15, 0.2) is 0 Å². The Labute approximate surface area is 154 Å². The van der Waals surface area contributed by atoms with E-state index in [0.717, 1.165) is 10.9 Å². The van der Waals surface area contributed by atoms with E-state index in [9.17, 15) is 4.39 Å². The molecule has 1 aromatic carbocycles. The summed E-state index contributed by atoms with van der Waals surface area (Å²) in [5.41, 5.74) is 9.27. The monoisotopic (exact) mass is 370 g/mol. The Balaban J connectivity index is 2.39. The second-order valence-electron chi connectivity index (χ2n) is 5.67. The van der Waals surface area contributed by atoms with Gasteiger partial charge in [-0.2, -0.15) is 0 Å². The summed E-state index contributed by atoms with van der Waals surface area (Å²) < 4.78 is 14.3. The average Bonchev–Trinajstić information content (AvgIpc) is 2.61. The number of hydrogen-bond donors (Lipinski definition) is 3. The van der Waals surface area contributed by atoms with Gasteiger partial charge in [0.25, 0.3) is 0 Å². The van der Waals surface area contributed by atoms with Crippen molar-refractivity contribution in [3.05, 3.63) is 58.4 Å². The molecule has 0 unspecified atom stereocenters. The molecular formula is C18H16ClFN6. The number of alkyl halides is 1. The number of halogens is 2. The number of rotatable bonds is 4. The van der Waals surface area contributed by atoms with Gasteiger partial charge >= 0.3 is 0 Å². The second kappa shape index (κ2) is 7.05. The maximum Gasteiger partial charge on any atom is 0.229 e. The molecule has 0 saturated heterocycles. The highest BCUT2D eigenvalue weighted by Gasteiger charge is 2.18. The van der Waals surface area contributed by atoms with Crippen LogP contribution in [0.4, 0.5) is 10.2 Å². The van der Waals surface area contributed by atoms with Crippen LogP contribution in [0.15, 0.2) is 36.4 Å². The van der Waals surface area contributed by atoms with Crippen molar-refractivity contribution < 1.29 is 4.39 Å². The smallest absolute Gasteiger partial charge is 0.229 e. The molecule has 0 aliphatic heterocycles. The largest absolute Gasteiger partial charge is 0.384 e. The van der Waals surface area contributed by atoms with Gasteiger partial charge in [0.1, 0.15) is 12.5 Å². The van der Waals surface area contributed by atoms with E-state index in [0.29, 0.717) is 33.1 Å². The Morgan fingerprint density at radius 3 is 2.50 bits per heavy atom. The molecule has 26 heavy (non-hydrogen) atoms. The van der Waals surface area contributed by atoms with Gasteiger partial charge in [0.2, 0.25) is 5.62 Å². The van der Waals surface area contributed by atoms with Crippen molar-refractivity contribution in [3.63, 3.8) is 0 Å². The van der Waals surface area contributed by atoms with Crippen LogP contribution in [0.2, 0.25) is 5.02 Å². The zero-order chi connectivity index (χ0) is 18.8. The fraction of sp³-hybridized carbons (Fsp3) is 0.111. The molecule has 0 saturated carbocycles. The third-order valence-electron chi connectivity index (χ3n) is 3.88. The number of aromatic nitrogens is 3. The predicted molar refractivity (Wildman–Crippen MR) is 99.9 cm³/mol. The molecule has 0 amide bonds. The summed E-state index contributed by atoms with van der Waals surface area (Å²) in [7, 11) is 0. The van der Waals surface area contributed by atoms with Gasteiger partial charge in [0, 0.05) is 21.8 Å². The second-order valence-corrected chi connectivity index (χ2v) is 6.11. The van der Waals surface area contributed by atoms with E-state index < -0.39 is 6.67 Å². The fourth-order valence-corrected chi connectivity index (χ4v) is 2.88. The number of nitrogens with two attached hydrogens (primary N) is 1. The Kier molecular flexibility index (Phi) is 4.81. The molecule has 0 radical (unpaired) electrons. The van der Waals surface area contributed by atoms with Crippen LogP contribution in [0.3, 0.4) is 0 Å². The first-order valence-corrected chi connectivity index (χ1v) is 8.09. The Morgan fingerprint density at radius 1 is 1.19 bits per heavy atom. The van der Waals surface area contributed by atoms with Crippen LogP contribution >= 0.6 is 11.6 Å². The third kappa shape index (κ3) is 3.21. The lowest BCUT2D eigenvalue weighted by Crippen LogP contribution is -2.26. The van der Waals surface area contributed by atoms with E-state index in [2.05, 4.69) is 9.97 Å². The van der Waals surface area contributed by atoms with Gasteiger partial charge in [0.05, 0.1) is 17.7 Å². The normalized spacial score (nSPS) is 10.7. The van der Waals surface area contributed by atoms with Crippen molar-refractivity contribution in [3.8, 4) is 22.4 Å². The highest BCUT2D eigenvalue weighted by atomic mass is 35.5. The van der Waals surface area contributed by atoms with Crippen LogP contribution in [-0.4, -0.2) is 20.9 Å². The summed E-state index contributed by atoms with van der Waals surface area (Å²) in [5, 5.41) is 16.1. The Bertz CT molecular complexity index is 1040. The first-order valence-electron chi connectivity index (χ1n) is 7.71. The van der Waals surface area contributed by atoms with Crippen molar-refractivity contribution in [2.75, 3.05) is 5.73 Å². The number of nitrogen functional groups attached to an aromatic ring is 1. The van der Waals surface area contributed by atoms with Gasteiger partial charge in [-0.05, 0) is 36.8 Å². The zero-order valence-corrected chi connectivity index (χ0v) is 14.7. The number of hydrogen-bond acceptors (Lipinski definition) is 5. The topological polar surface area (TPSA) is 104 Å². The number of benzene rings is 1. The Morgan fingerprint density at radius 2 is 1.88 bits per heavy atom. The molecule has 3 aromatic rings. The number of nitrogens with zero attached hydrogens (tertiary/aromatic N) is 3. The van der Waals surface area contributed by atoms with Gasteiger partial charge < -0.3 is 5.73 Å². The Hall–Kier alpha value is -3.06. The lowest BCUT2D eigenvalue weighted by atomic mass is 9.99. The van der Waals surface area contributed by atoms with E-state index >= 15 is 0 Å². The van der Waals surface area contributed by atoms with E-state index in [4.69, 9.17) is 28.2 Å². The van der Waals surface area contributed by atoms with E-state index in [1.165, 1.54) is 0 Å². The van der Waals surface area contributed by atoms with Crippen LogP contribution in [0.25, 0.3) is 22.4 Å². The van der Waals surface area contributed by atoms with E-state index in [-0.39, 0.29) is 17.1 Å². The van der Waals surface area contributed by atoms with E-state index in [1.54, 1.807) is 43.3 Å². The third-order valence-corrected chi connectivity index (χ3v) is 4.13. The molecule has 0 fully saturated rings. The molecule has 4 N–H and O–H groups in total. The van der Waals surface area contributed by atoms with Gasteiger partial charge in [-0.25, -0.2) is 9.37 Å². The molecule has 8 heteroatoms. The molecule has 132 valence electrons. The lowest BCUT2D eigenvalue weighted by molar-refractivity contribution is 0.475. The molecule has 0 bridgehead atoms. The van der Waals surface area contributed by atoms with E-state index in [1.807, 2.05) is 0 Å². The number of nitrogens with one attached hydrogen (secondary N) is 2. The molecule has 6 nitrogen and oxygen atoms in total. The van der Waals surface area contributed by atoms with Crippen LogP contribution < -0.4 is 11.4 Å². The highest BCUT2D eigenvalue weighted by Crippen LogP contribution is 2.34. The first kappa shape index (κ1) is 17.8. The minimum atomic E-state index is -0.709. The zero-order valence-electron chi connectivity index (χ0n) is 13.9. The molecule has 0 aliphatic carbocycles. The summed E-state index contributed by atoms with van der Waals surface area (Å²) in [6.45, 7) is 1.05. The molecular weight excluding hydrogens is 355 g/mol. The molecule has 0 atom stereocenters. The van der Waals surface area contributed by atoms with Crippen molar-refractivity contribution in [1.82, 2.24) is 14.5 Å². The van der Waals surface area contributed by atoms with Crippen LogP contribution in [0.1, 0.15) is 11.4 Å². The van der Waals surface area contributed by atoms with Gasteiger partial charge in [-0.3, -0.25) is 20.4 Å². The van der Waals surface area contributed by atoms with Crippen molar-refractivity contribution in [1.29, 1.82) is 10.8 Å². The summed E-state index contributed by atoms with van der Waals surface area (Å²) >= 11 is 5.96. The summed E-state index contributed by atoms with van der Waals surface area (Å²) in [5.74, 6) is 0.167. The number of pyridine rings is 1. The minimum Gasteiger partial charge on any atom is -0.384 e. The van der Waals surface area contributed by atoms with Gasteiger partial charge in [-0.1, -0.05) is 23.7 Å². The van der Waals surface area contributed by atoms with Crippen LogP contribution in [0.5, 0.6) is 0 Å². The van der Waals surface area contributed by atoms with Crippen molar-refractivity contribution >= 4 is 23.8 Å². The fourth-order valence-electron chi connectivity index (χ4n) is 2.75. The molecule has 0 aliphatic rings. The highest BCUT2D eigenvalue weighted by molar-refractivity contribution is 6.30. The first-order chi connectivity index (χ1) is 12.4. The summed E-state index contributed by atoms with van der Waals surface area (Å²) in [6, 6.07) is 10.3. The maximum absolute atomic E-state index is 13.2. The summed E-state index contributed by atoms with van der Waals surface area (Å²) in [6.07, 6.45) is 0.921. The van der Waals surface area contributed by atoms with Crippen LogP contribution in [0, 0.1) is 17.7 Å². The molecule has 0 spiro atoms. The minimum absolute atomic E-state index is 0.167. The van der Waals surface area contributed by atoms with Crippen molar-refractivity contribution in [2.45, 2.75) is 13.6 Å². The quantitative estimate of drug-likeness (QED) is 0.483. The average molecular weight is 371 g/mol. The van der Waals surface area contributed by atoms with Gasteiger partial charge in [-0.15, -0.1) is 0 Å².